The number of amides is 1. The van der Waals surface area contributed by atoms with Gasteiger partial charge in [0.2, 0.25) is 15.9 Å². The van der Waals surface area contributed by atoms with E-state index in [0.29, 0.717) is 41.8 Å². The largest absolute Gasteiger partial charge is 0.497 e. The van der Waals surface area contributed by atoms with E-state index in [-0.39, 0.29) is 29.8 Å². The Labute approximate surface area is 266 Å². The average Bonchev–Trinajstić information content (AvgIpc) is 3.50. The average molecular weight is 647 g/mol. The molecular weight excluding hydrogens is 616 g/mol. The van der Waals surface area contributed by atoms with Crippen molar-refractivity contribution >= 4 is 44.6 Å². The maximum absolute atomic E-state index is 12.8. The van der Waals surface area contributed by atoms with Gasteiger partial charge in [-0.05, 0) is 84.4 Å². The number of ether oxygens (including phenoxy) is 3. The summed E-state index contributed by atoms with van der Waals surface area (Å²) in [5.74, 6) is 1.83. The highest BCUT2D eigenvalue weighted by atomic mass is 35.5. The Morgan fingerprint density at radius 2 is 1.73 bits per heavy atom. The molecule has 0 aromatic heterocycles. The van der Waals surface area contributed by atoms with Crippen LogP contribution >= 0.6 is 11.6 Å². The lowest BCUT2D eigenvalue weighted by Crippen LogP contribution is -2.27. The Hall–Kier alpha value is -4.58. The second-order valence-electron chi connectivity index (χ2n) is 10.4. The minimum Gasteiger partial charge on any atom is -0.497 e. The van der Waals surface area contributed by atoms with Crippen LogP contribution in [-0.2, 0) is 14.8 Å². The molecular formula is C33H31ClN4O6S. The van der Waals surface area contributed by atoms with Crippen molar-refractivity contribution in [1.29, 1.82) is 0 Å². The summed E-state index contributed by atoms with van der Waals surface area (Å²) in [5.41, 5.74) is 4.25. The van der Waals surface area contributed by atoms with E-state index >= 15 is 0 Å². The zero-order valence-electron chi connectivity index (χ0n) is 24.4. The first-order valence-electron chi connectivity index (χ1n) is 14.3. The van der Waals surface area contributed by atoms with Gasteiger partial charge < -0.3 is 19.5 Å². The van der Waals surface area contributed by atoms with Crippen LogP contribution < -0.4 is 29.3 Å². The Kier molecular flexibility index (Phi) is 8.92. The zero-order chi connectivity index (χ0) is 31.4. The smallest absolute Gasteiger partial charge is 0.240 e. The van der Waals surface area contributed by atoms with E-state index in [9.17, 15) is 13.2 Å². The Morgan fingerprint density at radius 3 is 2.49 bits per heavy atom. The molecule has 4 aromatic rings. The van der Waals surface area contributed by atoms with Gasteiger partial charge in [-0.15, -0.1) is 0 Å². The second kappa shape index (κ2) is 13.2. The minimum absolute atomic E-state index is 0.0458. The molecule has 1 atom stereocenters. The number of nitrogens with one attached hydrogen (secondary N) is 2. The highest BCUT2D eigenvalue weighted by Gasteiger charge is 2.31. The van der Waals surface area contributed by atoms with Gasteiger partial charge in [-0.3, -0.25) is 9.80 Å². The van der Waals surface area contributed by atoms with E-state index < -0.39 is 10.0 Å². The van der Waals surface area contributed by atoms with E-state index in [4.69, 9.17) is 30.9 Å². The molecule has 4 aromatic carbocycles. The molecule has 232 valence electrons. The van der Waals surface area contributed by atoms with Gasteiger partial charge in [0.15, 0.2) is 11.5 Å². The topological polar surface area (TPSA) is 119 Å². The van der Waals surface area contributed by atoms with Crippen LogP contribution in [0.1, 0.15) is 30.0 Å². The summed E-state index contributed by atoms with van der Waals surface area (Å²) in [7, 11) is -2.14. The number of hydrazone groups is 1. The summed E-state index contributed by atoms with van der Waals surface area (Å²) in [5, 5.41) is 10.3. The first kappa shape index (κ1) is 30.4. The lowest BCUT2D eigenvalue weighted by molar-refractivity contribution is -0.116. The number of carbonyl (C=O) groups is 1. The van der Waals surface area contributed by atoms with Crippen molar-refractivity contribution in [3.63, 3.8) is 0 Å². The Balaban J connectivity index is 1.17. The SMILES string of the molecule is COc1ccc(N2N=C(c3ccc4c(c3)OCCO4)CC2c2cccc(NC(=O)CCNS(=O)(=O)c3ccc(Cl)cc3)c2)cc1. The quantitative estimate of drug-likeness (QED) is 0.224. The maximum atomic E-state index is 12.8. The van der Waals surface area contributed by atoms with Crippen LogP contribution in [0, 0.1) is 0 Å². The predicted octanol–water partition coefficient (Wildman–Crippen LogP) is 5.78. The van der Waals surface area contributed by atoms with Crippen LogP contribution in [0.3, 0.4) is 0 Å². The number of nitrogens with zero attached hydrogens (tertiary/aromatic N) is 2. The number of anilines is 2. The van der Waals surface area contributed by atoms with Crippen molar-refractivity contribution in [2.45, 2.75) is 23.8 Å². The van der Waals surface area contributed by atoms with E-state index in [1.54, 1.807) is 13.2 Å². The number of methoxy groups -OCH3 is 1. The van der Waals surface area contributed by atoms with E-state index in [0.717, 1.165) is 28.3 Å². The molecule has 1 unspecified atom stereocenters. The molecule has 2 N–H and O–H groups in total. The first-order chi connectivity index (χ1) is 21.8. The molecule has 2 aliphatic heterocycles. The Morgan fingerprint density at radius 1 is 0.978 bits per heavy atom. The van der Waals surface area contributed by atoms with E-state index in [1.165, 1.54) is 24.3 Å². The van der Waals surface area contributed by atoms with Gasteiger partial charge >= 0.3 is 0 Å². The summed E-state index contributed by atoms with van der Waals surface area (Å²) in [6.07, 6.45) is 0.561. The molecule has 0 radical (unpaired) electrons. The molecule has 10 nitrogen and oxygen atoms in total. The zero-order valence-corrected chi connectivity index (χ0v) is 26.0. The van der Waals surface area contributed by atoms with E-state index in [1.807, 2.05) is 65.7 Å². The molecule has 0 aliphatic carbocycles. The molecule has 12 heteroatoms. The van der Waals surface area contributed by atoms with Crippen LogP contribution in [0.5, 0.6) is 17.2 Å². The first-order valence-corrected chi connectivity index (χ1v) is 16.2. The van der Waals surface area contributed by atoms with Crippen LogP contribution in [0.15, 0.2) is 101 Å². The predicted molar refractivity (Wildman–Crippen MR) is 173 cm³/mol. The molecule has 6 rings (SSSR count). The van der Waals surface area contributed by atoms with Crippen molar-refractivity contribution in [3.8, 4) is 17.2 Å². The number of sulfonamides is 1. The van der Waals surface area contributed by atoms with Crippen LogP contribution in [0.2, 0.25) is 5.02 Å². The van der Waals surface area contributed by atoms with Crippen molar-refractivity contribution in [2.24, 2.45) is 5.10 Å². The molecule has 45 heavy (non-hydrogen) atoms. The standard InChI is InChI=1S/C33H31ClN4O6S/c1-42-27-10-8-26(9-11-27)38-30(21-29(37-38)22-5-14-31-32(20-22)44-18-17-43-31)23-3-2-4-25(19-23)36-33(39)15-16-35-45(40,41)28-12-6-24(34)7-13-28/h2-14,19-20,30,35H,15-18,21H2,1H3,(H,36,39). The number of hydrogen-bond donors (Lipinski definition) is 2. The number of hydrogen-bond acceptors (Lipinski definition) is 8. The lowest BCUT2D eigenvalue weighted by Gasteiger charge is -2.24. The summed E-state index contributed by atoms with van der Waals surface area (Å²) in [6.45, 7) is 0.958. The van der Waals surface area contributed by atoms with Gasteiger partial charge in [0.1, 0.15) is 19.0 Å². The van der Waals surface area contributed by atoms with Gasteiger partial charge in [0, 0.05) is 35.7 Å². The van der Waals surface area contributed by atoms with Gasteiger partial charge in [-0.2, -0.15) is 5.10 Å². The van der Waals surface area contributed by atoms with Crippen LogP contribution in [0.25, 0.3) is 0 Å². The third-order valence-corrected chi connectivity index (χ3v) is 9.17. The van der Waals surface area contributed by atoms with Gasteiger partial charge in [-0.25, -0.2) is 13.1 Å². The molecule has 0 saturated heterocycles. The highest BCUT2D eigenvalue weighted by Crippen LogP contribution is 2.39. The maximum Gasteiger partial charge on any atom is 0.240 e. The third kappa shape index (κ3) is 7.06. The van der Waals surface area contributed by atoms with Gasteiger partial charge in [-0.1, -0.05) is 23.7 Å². The highest BCUT2D eigenvalue weighted by molar-refractivity contribution is 7.89. The van der Waals surface area contributed by atoms with E-state index in [2.05, 4.69) is 10.0 Å². The molecule has 2 aliphatic rings. The lowest BCUT2D eigenvalue weighted by atomic mass is 9.97. The molecule has 0 fully saturated rings. The number of carbonyl (C=O) groups excluding carboxylic acids is 1. The van der Waals surface area contributed by atoms with Crippen LogP contribution in [-0.4, -0.2) is 46.9 Å². The van der Waals surface area contributed by atoms with Crippen LogP contribution in [0.4, 0.5) is 11.4 Å². The molecule has 0 spiro atoms. The third-order valence-electron chi connectivity index (χ3n) is 7.45. The Bertz CT molecular complexity index is 1830. The minimum atomic E-state index is -3.76. The molecule has 0 saturated carbocycles. The summed E-state index contributed by atoms with van der Waals surface area (Å²) >= 11 is 5.86. The normalized spacial score (nSPS) is 15.8. The van der Waals surface area contributed by atoms with Crippen molar-refractivity contribution in [1.82, 2.24) is 4.72 Å². The summed E-state index contributed by atoms with van der Waals surface area (Å²) < 4.78 is 44.4. The number of benzene rings is 4. The monoisotopic (exact) mass is 646 g/mol. The molecule has 0 bridgehead atoms. The summed E-state index contributed by atoms with van der Waals surface area (Å²) in [6, 6.07) is 26.8. The van der Waals surface area contributed by atoms with Crippen molar-refractivity contribution < 1.29 is 27.4 Å². The number of rotatable bonds is 10. The number of fused-ring (bicyclic) bond motifs is 1. The fourth-order valence-electron chi connectivity index (χ4n) is 5.18. The number of halogens is 1. The summed E-state index contributed by atoms with van der Waals surface area (Å²) in [4.78, 5) is 12.9. The fraction of sp³-hybridized carbons (Fsp3) is 0.212. The fourth-order valence-corrected chi connectivity index (χ4v) is 6.34. The molecule has 1 amide bonds. The van der Waals surface area contributed by atoms with Gasteiger partial charge in [0.05, 0.1) is 29.4 Å². The molecule has 2 heterocycles. The van der Waals surface area contributed by atoms with Crippen molar-refractivity contribution in [2.75, 3.05) is 37.2 Å². The van der Waals surface area contributed by atoms with Gasteiger partial charge in [0.25, 0.3) is 0 Å². The second-order valence-corrected chi connectivity index (χ2v) is 12.6. The van der Waals surface area contributed by atoms with Crippen molar-refractivity contribution in [3.05, 3.63) is 107 Å².